The Balaban J connectivity index is 1.48. The molecule has 0 unspecified atom stereocenters. The van der Waals surface area contributed by atoms with Gasteiger partial charge in [0, 0.05) is 25.6 Å². The van der Waals surface area contributed by atoms with Gasteiger partial charge in [0.05, 0.1) is 18.3 Å². The molecule has 2 atom stereocenters. The van der Waals surface area contributed by atoms with E-state index in [1.54, 1.807) is 13.0 Å². The molecule has 1 aliphatic heterocycles. The van der Waals surface area contributed by atoms with Crippen LogP contribution in [0.1, 0.15) is 37.2 Å². The van der Waals surface area contributed by atoms with Crippen LogP contribution in [-0.2, 0) is 11.3 Å². The van der Waals surface area contributed by atoms with Gasteiger partial charge in [-0.15, -0.1) is 0 Å². The average molecular weight is 348 g/mol. The fourth-order valence-electron chi connectivity index (χ4n) is 3.02. The number of carbonyl (C=O) groups is 1. The number of rotatable bonds is 6. The van der Waals surface area contributed by atoms with Crippen molar-refractivity contribution < 1.29 is 13.8 Å². The number of hydrogen-bond donors (Lipinski definition) is 2. The van der Waals surface area contributed by atoms with Gasteiger partial charge in [-0.05, 0) is 33.2 Å². The van der Waals surface area contributed by atoms with Crippen molar-refractivity contribution in [1.29, 1.82) is 0 Å². The quantitative estimate of drug-likeness (QED) is 0.803. The fourth-order valence-corrected chi connectivity index (χ4v) is 3.02. The Morgan fingerprint density at radius 3 is 2.92 bits per heavy atom. The summed E-state index contributed by atoms with van der Waals surface area (Å²) in [7, 11) is 0. The lowest BCUT2D eigenvalue weighted by Gasteiger charge is -2.33. The molecule has 3 rings (SSSR count). The molecular formula is C16H24N6O3. The van der Waals surface area contributed by atoms with Gasteiger partial charge in [0.15, 0.2) is 5.82 Å². The van der Waals surface area contributed by atoms with E-state index in [9.17, 15) is 4.79 Å². The van der Waals surface area contributed by atoms with Crippen molar-refractivity contribution in [2.24, 2.45) is 0 Å². The number of likely N-dealkylation sites (tertiary alicyclic amines) is 1. The van der Waals surface area contributed by atoms with Gasteiger partial charge in [-0.1, -0.05) is 10.3 Å². The summed E-state index contributed by atoms with van der Waals surface area (Å²) in [6.07, 6.45) is 2.09. The Morgan fingerprint density at radius 2 is 2.24 bits per heavy atom. The lowest BCUT2D eigenvalue weighted by Crippen LogP contribution is -2.51. The Labute approximate surface area is 146 Å². The van der Waals surface area contributed by atoms with Crippen molar-refractivity contribution in [2.75, 3.05) is 18.4 Å². The molecule has 136 valence electrons. The highest BCUT2D eigenvalue weighted by Crippen LogP contribution is 2.14. The lowest BCUT2D eigenvalue weighted by atomic mass is 10.0. The van der Waals surface area contributed by atoms with E-state index in [1.807, 2.05) is 13.8 Å². The zero-order valence-electron chi connectivity index (χ0n) is 14.8. The minimum Gasteiger partial charge on any atom is -0.340 e. The van der Waals surface area contributed by atoms with E-state index >= 15 is 0 Å². The van der Waals surface area contributed by atoms with Crippen LogP contribution < -0.4 is 10.6 Å². The minimum absolute atomic E-state index is 0.137. The first-order valence-corrected chi connectivity index (χ1v) is 8.51. The van der Waals surface area contributed by atoms with Crippen molar-refractivity contribution >= 4 is 11.8 Å². The minimum atomic E-state index is -0.331. The second-order valence-corrected chi connectivity index (χ2v) is 6.51. The van der Waals surface area contributed by atoms with Crippen LogP contribution in [0.2, 0.25) is 0 Å². The van der Waals surface area contributed by atoms with E-state index in [2.05, 4.69) is 30.8 Å². The third-order valence-electron chi connectivity index (χ3n) is 4.19. The van der Waals surface area contributed by atoms with Crippen molar-refractivity contribution in [3.63, 3.8) is 0 Å². The van der Waals surface area contributed by atoms with Crippen LogP contribution in [0.15, 0.2) is 15.1 Å². The number of carbonyl (C=O) groups excluding carboxylic acids is 1. The first-order valence-electron chi connectivity index (χ1n) is 8.51. The molecule has 2 aromatic heterocycles. The molecule has 1 aliphatic rings. The SMILES string of the molecule is Cc1cc(NC(=O)[C@H](C)N[C@H]2CCCN(Cc3noc(C)n3)C2)on1. The molecular weight excluding hydrogens is 324 g/mol. The Hall–Kier alpha value is -2.26. The Morgan fingerprint density at radius 1 is 1.40 bits per heavy atom. The highest BCUT2D eigenvalue weighted by molar-refractivity contribution is 5.93. The van der Waals surface area contributed by atoms with Crippen molar-refractivity contribution in [3.05, 3.63) is 23.5 Å². The average Bonchev–Trinajstić information content (AvgIpc) is 3.16. The predicted octanol–water partition coefficient (Wildman–Crippen LogP) is 1.26. The highest BCUT2D eigenvalue weighted by Gasteiger charge is 2.24. The molecule has 0 radical (unpaired) electrons. The third kappa shape index (κ3) is 4.86. The van der Waals surface area contributed by atoms with Crippen molar-refractivity contribution in [1.82, 2.24) is 25.5 Å². The number of anilines is 1. The summed E-state index contributed by atoms with van der Waals surface area (Å²) < 4.78 is 10.0. The summed E-state index contributed by atoms with van der Waals surface area (Å²) in [5.41, 5.74) is 0.732. The van der Waals surface area contributed by atoms with Crippen LogP contribution in [-0.4, -0.2) is 51.3 Å². The standard InChI is InChI=1S/C16H24N6O3/c1-10-7-15(25-20-10)19-16(23)11(2)17-13-5-4-6-22(8-13)9-14-18-12(3)24-21-14/h7,11,13,17H,4-6,8-9H2,1-3H3,(H,19,23)/t11-,13-/m0/s1. The summed E-state index contributed by atoms with van der Waals surface area (Å²) >= 11 is 0. The molecule has 2 aromatic rings. The monoisotopic (exact) mass is 348 g/mol. The molecule has 1 fully saturated rings. The molecule has 2 N–H and O–H groups in total. The normalized spacial score (nSPS) is 19.7. The fraction of sp³-hybridized carbons (Fsp3) is 0.625. The molecule has 3 heterocycles. The molecule has 0 aromatic carbocycles. The number of aromatic nitrogens is 3. The van der Waals surface area contributed by atoms with Gasteiger partial charge in [-0.3, -0.25) is 15.0 Å². The van der Waals surface area contributed by atoms with Crippen LogP contribution in [0.3, 0.4) is 0 Å². The molecule has 9 nitrogen and oxygen atoms in total. The van der Waals surface area contributed by atoms with Gasteiger partial charge in [0.2, 0.25) is 17.7 Å². The molecule has 9 heteroatoms. The van der Waals surface area contributed by atoms with E-state index in [1.165, 1.54) is 0 Å². The van der Waals surface area contributed by atoms with E-state index in [0.29, 0.717) is 24.1 Å². The number of nitrogens with zero attached hydrogens (tertiary/aromatic N) is 4. The second-order valence-electron chi connectivity index (χ2n) is 6.51. The van der Waals surface area contributed by atoms with Crippen LogP contribution in [0.5, 0.6) is 0 Å². The van der Waals surface area contributed by atoms with Gasteiger partial charge in [-0.25, -0.2) is 0 Å². The summed E-state index contributed by atoms with van der Waals surface area (Å²) in [6, 6.07) is 1.60. The van der Waals surface area contributed by atoms with Crippen LogP contribution in [0, 0.1) is 13.8 Å². The van der Waals surface area contributed by atoms with E-state index in [4.69, 9.17) is 9.05 Å². The molecule has 1 saturated heterocycles. The molecule has 1 amide bonds. The lowest BCUT2D eigenvalue weighted by molar-refractivity contribution is -0.118. The van der Waals surface area contributed by atoms with Gasteiger partial charge >= 0.3 is 0 Å². The van der Waals surface area contributed by atoms with Gasteiger partial charge in [-0.2, -0.15) is 4.98 Å². The summed E-state index contributed by atoms with van der Waals surface area (Å²) in [4.78, 5) is 18.8. The summed E-state index contributed by atoms with van der Waals surface area (Å²) in [5, 5.41) is 13.8. The first-order chi connectivity index (χ1) is 12.0. The van der Waals surface area contributed by atoms with Gasteiger partial charge in [0.1, 0.15) is 0 Å². The topological polar surface area (TPSA) is 109 Å². The van der Waals surface area contributed by atoms with E-state index < -0.39 is 0 Å². The highest BCUT2D eigenvalue weighted by atomic mass is 16.5. The maximum atomic E-state index is 12.3. The Kier molecular flexibility index (Phi) is 5.44. The van der Waals surface area contributed by atoms with Crippen molar-refractivity contribution in [2.45, 2.75) is 52.2 Å². The van der Waals surface area contributed by atoms with Crippen LogP contribution >= 0.6 is 0 Å². The number of hydrogen-bond acceptors (Lipinski definition) is 8. The molecule has 0 spiro atoms. The summed E-state index contributed by atoms with van der Waals surface area (Å²) in [5.74, 6) is 1.51. The molecule has 0 bridgehead atoms. The van der Waals surface area contributed by atoms with E-state index in [-0.39, 0.29) is 18.0 Å². The zero-order valence-corrected chi connectivity index (χ0v) is 14.8. The maximum Gasteiger partial charge on any atom is 0.243 e. The zero-order chi connectivity index (χ0) is 17.8. The largest absolute Gasteiger partial charge is 0.340 e. The molecule has 0 aliphatic carbocycles. The number of aryl methyl sites for hydroxylation is 2. The molecule has 25 heavy (non-hydrogen) atoms. The maximum absolute atomic E-state index is 12.3. The van der Waals surface area contributed by atoms with Gasteiger partial charge < -0.3 is 14.4 Å². The first kappa shape index (κ1) is 17.6. The number of piperidine rings is 1. The number of amides is 1. The smallest absolute Gasteiger partial charge is 0.243 e. The third-order valence-corrected chi connectivity index (χ3v) is 4.19. The van der Waals surface area contributed by atoms with Crippen LogP contribution in [0.4, 0.5) is 5.88 Å². The van der Waals surface area contributed by atoms with Crippen molar-refractivity contribution in [3.8, 4) is 0 Å². The van der Waals surface area contributed by atoms with Crippen LogP contribution in [0.25, 0.3) is 0 Å². The van der Waals surface area contributed by atoms with E-state index in [0.717, 1.165) is 31.6 Å². The number of nitrogens with one attached hydrogen (secondary N) is 2. The predicted molar refractivity (Wildman–Crippen MR) is 89.8 cm³/mol. The second kappa shape index (κ2) is 7.75. The Bertz CT molecular complexity index is 712. The van der Waals surface area contributed by atoms with Gasteiger partial charge in [0.25, 0.3) is 0 Å². The summed E-state index contributed by atoms with van der Waals surface area (Å²) in [6.45, 7) is 7.93. The molecule has 0 saturated carbocycles.